The predicted molar refractivity (Wildman–Crippen MR) is 111 cm³/mol. The van der Waals surface area contributed by atoms with E-state index in [1.54, 1.807) is 23.1 Å². The fraction of sp³-hybridized carbons (Fsp3) is 0.263. The lowest BCUT2D eigenvalue weighted by atomic mass is 9.96. The Balaban J connectivity index is 1.44. The van der Waals surface area contributed by atoms with Crippen molar-refractivity contribution >= 4 is 43.4 Å². The Morgan fingerprint density at radius 2 is 1.84 bits per heavy atom. The summed E-state index contributed by atoms with van der Waals surface area (Å²) < 4.78 is 69.0. The molecule has 1 fully saturated rings. The minimum Gasteiger partial charge on any atom is -0.355 e. The van der Waals surface area contributed by atoms with Crippen LogP contribution in [0.3, 0.4) is 0 Å². The van der Waals surface area contributed by atoms with Gasteiger partial charge in [-0.15, -0.1) is 4.40 Å². The van der Waals surface area contributed by atoms with E-state index in [1.165, 1.54) is 12.1 Å². The summed E-state index contributed by atoms with van der Waals surface area (Å²) in [6, 6.07) is 9.56. The Bertz CT molecular complexity index is 1300. The number of rotatable bonds is 3. The fourth-order valence-electron chi connectivity index (χ4n) is 3.63. The third-order valence-electron chi connectivity index (χ3n) is 5.20. The number of carbonyl (C=O) groups excluding carboxylic acids is 1. The smallest absolute Gasteiger partial charge is 0.285 e. The Hall–Kier alpha value is -2.50. The summed E-state index contributed by atoms with van der Waals surface area (Å²) >= 11 is 5.64. The molecule has 1 N–H and O–H groups in total. The van der Waals surface area contributed by atoms with E-state index in [2.05, 4.69) is 4.40 Å². The summed E-state index contributed by atoms with van der Waals surface area (Å²) in [7, 11) is -8.14. The SMILES string of the molecule is O=C(NS(=O)(=O)c1ccc(Cl)cc1F)C1CCN(C2=NS(=O)(=O)c3ccccc32)CC1. The summed E-state index contributed by atoms with van der Waals surface area (Å²) in [6.45, 7) is 0.631. The second-order valence-corrected chi connectivity index (χ2v) is 10.9. The van der Waals surface area contributed by atoms with Crippen LogP contribution in [0.25, 0.3) is 0 Å². The molecule has 1 amide bonds. The van der Waals surface area contributed by atoms with Gasteiger partial charge in [-0.3, -0.25) is 4.79 Å². The zero-order chi connectivity index (χ0) is 22.4. The lowest BCUT2D eigenvalue weighted by molar-refractivity contribution is -0.124. The normalized spacial score (nSPS) is 18.4. The highest BCUT2D eigenvalue weighted by atomic mass is 35.5. The average molecular weight is 486 g/mol. The Morgan fingerprint density at radius 1 is 1.16 bits per heavy atom. The van der Waals surface area contributed by atoms with Crippen molar-refractivity contribution in [3.8, 4) is 0 Å². The molecule has 164 valence electrons. The summed E-state index contributed by atoms with van der Waals surface area (Å²) in [4.78, 5) is 13.8. The molecule has 0 spiro atoms. The number of sulfonamides is 2. The van der Waals surface area contributed by atoms with E-state index in [0.29, 0.717) is 24.5 Å². The van der Waals surface area contributed by atoms with Gasteiger partial charge in [0, 0.05) is 29.6 Å². The zero-order valence-electron chi connectivity index (χ0n) is 16.0. The van der Waals surface area contributed by atoms with Gasteiger partial charge in [-0.25, -0.2) is 17.5 Å². The molecule has 0 atom stereocenters. The number of benzene rings is 2. The molecule has 2 heterocycles. The first kappa shape index (κ1) is 21.7. The second kappa shape index (κ2) is 7.88. The number of amides is 1. The molecule has 0 aliphatic carbocycles. The van der Waals surface area contributed by atoms with E-state index in [1.807, 2.05) is 4.72 Å². The second-order valence-electron chi connectivity index (χ2n) is 7.19. The third kappa shape index (κ3) is 4.17. The molecule has 4 rings (SSSR count). The molecular weight excluding hydrogens is 469 g/mol. The van der Waals surface area contributed by atoms with Gasteiger partial charge in [-0.1, -0.05) is 23.7 Å². The summed E-state index contributed by atoms with van der Waals surface area (Å²) in [5.41, 5.74) is 0.506. The van der Waals surface area contributed by atoms with Gasteiger partial charge < -0.3 is 4.90 Å². The van der Waals surface area contributed by atoms with Crippen molar-refractivity contribution in [2.75, 3.05) is 13.1 Å². The van der Waals surface area contributed by atoms with Crippen molar-refractivity contribution in [3.05, 3.63) is 58.9 Å². The molecule has 0 unspecified atom stereocenters. The number of nitrogens with zero attached hydrogens (tertiary/aromatic N) is 2. The third-order valence-corrected chi connectivity index (χ3v) is 8.14. The summed E-state index contributed by atoms with van der Waals surface area (Å²) in [5.74, 6) is -2.10. The van der Waals surface area contributed by atoms with E-state index >= 15 is 0 Å². The lowest BCUT2D eigenvalue weighted by Gasteiger charge is -2.32. The standard InChI is InChI=1S/C19H17ClFN3O5S2/c20-13-5-6-17(15(21)11-13)31(28,29)23-19(25)12-7-9-24(10-8-12)18-14-3-1-2-4-16(14)30(26,27)22-18/h1-6,11-12H,7-10H2,(H,23,25). The molecule has 2 aromatic rings. The van der Waals surface area contributed by atoms with E-state index < -0.39 is 42.6 Å². The van der Waals surface area contributed by atoms with Crippen LogP contribution in [0.15, 0.2) is 56.7 Å². The number of halogens is 2. The van der Waals surface area contributed by atoms with E-state index in [9.17, 15) is 26.0 Å². The maximum atomic E-state index is 14.0. The number of nitrogens with one attached hydrogen (secondary N) is 1. The maximum absolute atomic E-state index is 14.0. The molecule has 1 saturated heterocycles. The molecule has 2 aliphatic rings. The highest BCUT2D eigenvalue weighted by molar-refractivity contribution is 7.90. The van der Waals surface area contributed by atoms with Crippen molar-refractivity contribution in [2.45, 2.75) is 22.6 Å². The molecule has 2 aromatic carbocycles. The number of likely N-dealkylation sites (tertiary alicyclic amines) is 1. The van der Waals surface area contributed by atoms with Crippen molar-refractivity contribution in [2.24, 2.45) is 10.3 Å². The predicted octanol–water partition coefficient (Wildman–Crippen LogP) is 2.15. The van der Waals surface area contributed by atoms with Gasteiger partial charge in [-0.2, -0.15) is 8.42 Å². The highest BCUT2D eigenvalue weighted by Gasteiger charge is 2.35. The van der Waals surface area contributed by atoms with Gasteiger partial charge in [0.2, 0.25) is 5.91 Å². The molecule has 31 heavy (non-hydrogen) atoms. The fourth-order valence-corrected chi connectivity index (χ4v) is 6.12. The van der Waals surface area contributed by atoms with Crippen LogP contribution in [-0.2, 0) is 24.8 Å². The first-order chi connectivity index (χ1) is 14.6. The summed E-state index contributed by atoms with van der Waals surface area (Å²) in [6.07, 6.45) is 0.567. The van der Waals surface area contributed by atoms with Crippen LogP contribution in [0.1, 0.15) is 18.4 Å². The average Bonchev–Trinajstić information content (AvgIpc) is 2.99. The van der Waals surface area contributed by atoms with Crippen LogP contribution in [0.2, 0.25) is 5.02 Å². The first-order valence-electron chi connectivity index (χ1n) is 9.29. The molecule has 0 saturated carbocycles. The van der Waals surface area contributed by atoms with Crippen LogP contribution in [0.4, 0.5) is 4.39 Å². The van der Waals surface area contributed by atoms with Gasteiger partial charge in [0.15, 0.2) is 5.84 Å². The van der Waals surface area contributed by atoms with Crippen LogP contribution in [0.5, 0.6) is 0 Å². The van der Waals surface area contributed by atoms with Crippen molar-refractivity contribution in [3.63, 3.8) is 0 Å². The molecule has 0 bridgehead atoms. The van der Waals surface area contributed by atoms with Crippen molar-refractivity contribution in [1.29, 1.82) is 0 Å². The highest BCUT2D eigenvalue weighted by Crippen LogP contribution is 2.30. The van der Waals surface area contributed by atoms with Crippen LogP contribution in [-0.4, -0.2) is 46.6 Å². The molecule has 0 aromatic heterocycles. The first-order valence-corrected chi connectivity index (χ1v) is 12.6. The van der Waals surface area contributed by atoms with Gasteiger partial charge in [-0.05, 0) is 43.2 Å². The molecular formula is C19H17ClFN3O5S2. The topological polar surface area (TPSA) is 113 Å². The number of fused-ring (bicyclic) bond motifs is 1. The zero-order valence-corrected chi connectivity index (χ0v) is 18.3. The van der Waals surface area contributed by atoms with Crippen molar-refractivity contribution < 1.29 is 26.0 Å². The van der Waals surface area contributed by atoms with Gasteiger partial charge >= 0.3 is 0 Å². The molecule has 0 radical (unpaired) electrons. The number of piperidine rings is 1. The Labute approximate surface area is 183 Å². The number of hydrogen-bond donors (Lipinski definition) is 1. The minimum atomic E-state index is -4.39. The number of hydrogen-bond acceptors (Lipinski definition) is 6. The van der Waals surface area contributed by atoms with Gasteiger partial charge in [0.25, 0.3) is 20.0 Å². The van der Waals surface area contributed by atoms with Crippen molar-refractivity contribution in [1.82, 2.24) is 9.62 Å². The number of amidine groups is 1. The Kier molecular flexibility index (Phi) is 5.52. The summed E-state index contributed by atoms with van der Waals surface area (Å²) in [5, 5.41) is 0.0357. The maximum Gasteiger partial charge on any atom is 0.285 e. The lowest BCUT2D eigenvalue weighted by Crippen LogP contribution is -2.44. The molecule has 8 nitrogen and oxygen atoms in total. The molecule has 2 aliphatic heterocycles. The Morgan fingerprint density at radius 3 is 2.52 bits per heavy atom. The largest absolute Gasteiger partial charge is 0.355 e. The quantitative estimate of drug-likeness (QED) is 0.712. The minimum absolute atomic E-state index is 0.0357. The van der Waals surface area contributed by atoms with E-state index in [-0.39, 0.29) is 22.8 Å². The monoisotopic (exact) mass is 485 g/mol. The van der Waals surface area contributed by atoms with E-state index in [4.69, 9.17) is 11.6 Å². The van der Waals surface area contributed by atoms with Crippen LogP contribution >= 0.6 is 11.6 Å². The number of carbonyl (C=O) groups is 1. The molecule has 12 heteroatoms. The van der Waals surface area contributed by atoms with Crippen LogP contribution in [0, 0.1) is 11.7 Å². The van der Waals surface area contributed by atoms with Crippen LogP contribution < -0.4 is 4.72 Å². The van der Waals surface area contributed by atoms with E-state index in [0.717, 1.165) is 12.1 Å². The van der Waals surface area contributed by atoms with Gasteiger partial charge in [0.05, 0.1) is 0 Å². The van der Waals surface area contributed by atoms with Gasteiger partial charge in [0.1, 0.15) is 15.6 Å².